The molecule has 0 saturated carbocycles. The van der Waals surface area contributed by atoms with E-state index in [9.17, 15) is 4.79 Å². The first-order chi connectivity index (χ1) is 13.5. The fraction of sp³-hybridized carbons (Fsp3) is 0.435. The van der Waals surface area contributed by atoms with Gasteiger partial charge in [-0.1, -0.05) is 30.3 Å². The summed E-state index contributed by atoms with van der Waals surface area (Å²) in [7, 11) is 3.77. The molecule has 1 fully saturated rings. The van der Waals surface area contributed by atoms with Crippen molar-refractivity contribution >= 4 is 11.6 Å². The highest BCUT2D eigenvalue weighted by atomic mass is 16.5. The third kappa shape index (κ3) is 4.65. The molecule has 0 radical (unpaired) electrons. The Morgan fingerprint density at radius 2 is 1.89 bits per heavy atom. The SMILES string of the molecule is COc1cc(C(=O)N2CCC(N(C)CCc3ccccc3)CC2)cc(C)c1N. The standard InChI is InChI=1S/C23H31N3O2/c1-17-15-19(16-21(28-3)22(17)24)23(27)26-13-10-20(11-14-26)25(2)12-9-18-7-5-4-6-8-18/h4-8,15-16,20H,9-14,24H2,1-3H3. The molecule has 0 spiro atoms. The summed E-state index contributed by atoms with van der Waals surface area (Å²) >= 11 is 0. The molecule has 150 valence electrons. The van der Waals surface area contributed by atoms with Crippen LogP contribution in [0.5, 0.6) is 5.75 Å². The number of nitrogens with two attached hydrogens (primary N) is 1. The Labute approximate surface area is 168 Å². The molecule has 0 unspecified atom stereocenters. The Kier molecular flexibility index (Phi) is 6.57. The number of rotatable bonds is 6. The number of aryl methyl sites for hydroxylation is 1. The van der Waals surface area contributed by atoms with Gasteiger partial charge < -0.3 is 20.3 Å². The summed E-state index contributed by atoms with van der Waals surface area (Å²) in [5.41, 5.74) is 9.50. The highest BCUT2D eigenvalue weighted by molar-refractivity contribution is 5.95. The largest absolute Gasteiger partial charge is 0.495 e. The monoisotopic (exact) mass is 381 g/mol. The summed E-state index contributed by atoms with van der Waals surface area (Å²) in [6.45, 7) is 4.51. The number of carbonyl (C=O) groups excluding carboxylic acids is 1. The third-order valence-electron chi connectivity index (χ3n) is 5.79. The second-order valence-electron chi connectivity index (χ2n) is 7.65. The van der Waals surface area contributed by atoms with Gasteiger partial charge in [0.05, 0.1) is 12.8 Å². The average Bonchev–Trinajstić information content (AvgIpc) is 2.74. The molecule has 5 nitrogen and oxygen atoms in total. The number of ether oxygens (including phenoxy) is 1. The van der Waals surface area contributed by atoms with Crippen molar-refractivity contribution in [1.29, 1.82) is 0 Å². The summed E-state index contributed by atoms with van der Waals surface area (Å²) in [4.78, 5) is 17.3. The molecule has 5 heteroatoms. The lowest BCUT2D eigenvalue weighted by molar-refractivity contribution is 0.0646. The summed E-state index contributed by atoms with van der Waals surface area (Å²) in [6, 6.07) is 14.7. The number of likely N-dealkylation sites (tertiary alicyclic amines) is 1. The Morgan fingerprint density at radius 1 is 1.21 bits per heavy atom. The van der Waals surface area contributed by atoms with Crippen LogP contribution in [0.15, 0.2) is 42.5 Å². The molecule has 2 aromatic carbocycles. The lowest BCUT2D eigenvalue weighted by Gasteiger charge is -2.37. The first-order valence-corrected chi connectivity index (χ1v) is 9.97. The molecule has 0 aliphatic carbocycles. The molecule has 1 heterocycles. The summed E-state index contributed by atoms with van der Waals surface area (Å²) in [6.07, 6.45) is 3.06. The molecule has 2 aromatic rings. The lowest BCUT2D eigenvalue weighted by Crippen LogP contribution is -2.46. The van der Waals surface area contributed by atoms with E-state index >= 15 is 0 Å². The van der Waals surface area contributed by atoms with Gasteiger partial charge in [-0.2, -0.15) is 0 Å². The number of nitrogen functional groups attached to an aromatic ring is 1. The van der Waals surface area contributed by atoms with E-state index in [2.05, 4.69) is 42.3 Å². The maximum atomic E-state index is 12.9. The van der Waals surface area contributed by atoms with Gasteiger partial charge in [-0.15, -0.1) is 0 Å². The van der Waals surface area contributed by atoms with E-state index in [0.29, 0.717) is 23.0 Å². The van der Waals surface area contributed by atoms with E-state index in [4.69, 9.17) is 10.5 Å². The number of methoxy groups -OCH3 is 1. The zero-order chi connectivity index (χ0) is 20.1. The first kappa shape index (κ1) is 20.2. The maximum absolute atomic E-state index is 12.9. The van der Waals surface area contributed by atoms with Crippen LogP contribution in [0.3, 0.4) is 0 Å². The summed E-state index contributed by atoms with van der Waals surface area (Å²) < 4.78 is 5.31. The van der Waals surface area contributed by atoms with Crippen LogP contribution in [-0.2, 0) is 6.42 Å². The molecule has 1 amide bonds. The molecule has 0 aromatic heterocycles. The fourth-order valence-electron chi connectivity index (χ4n) is 3.88. The number of benzene rings is 2. The highest BCUT2D eigenvalue weighted by Crippen LogP contribution is 2.28. The Hall–Kier alpha value is -2.53. The molecule has 2 N–H and O–H groups in total. The van der Waals surface area contributed by atoms with E-state index in [1.54, 1.807) is 13.2 Å². The van der Waals surface area contributed by atoms with Crippen molar-refractivity contribution in [1.82, 2.24) is 9.80 Å². The molecule has 28 heavy (non-hydrogen) atoms. The first-order valence-electron chi connectivity index (χ1n) is 9.97. The van der Waals surface area contributed by atoms with Crippen LogP contribution >= 0.6 is 0 Å². The zero-order valence-corrected chi connectivity index (χ0v) is 17.1. The van der Waals surface area contributed by atoms with Crippen molar-refractivity contribution in [2.45, 2.75) is 32.2 Å². The van der Waals surface area contributed by atoms with Gasteiger partial charge >= 0.3 is 0 Å². The van der Waals surface area contributed by atoms with Gasteiger partial charge in [-0.25, -0.2) is 0 Å². The molecule has 0 atom stereocenters. The normalized spacial score (nSPS) is 15.1. The van der Waals surface area contributed by atoms with Crippen LogP contribution in [0.2, 0.25) is 0 Å². The quantitative estimate of drug-likeness (QED) is 0.780. The fourth-order valence-corrected chi connectivity index (χ4v) is 3.88. The topological polar surface area (TPSA) is 58.8 Å². The maximum Gasteiger partial charge on any atom is 0.254 e. The summed E-state index contributed by atoms with van der Waals surface area (Å²) in [5, 5.41) is 0. The van der Waals surface area contributed by atoms with Crippen molar-refractivity contribution in [3.63, 3.8) is 0 Å². The predicted octanol–water partition coefficient (Wildman–Crippen LogP) is 3.36. The van der Waals surface area contributed by atoms with E-state index in [0.717, 1.165) is 44.5 Å². The van der Waals surface area contributed by atoms with Crippen molar-refractivity contribution in [2.75, 3.05) is 39.5 Å². The second kappa shape index (κ2) is 9.11. The van der Waals surface area contributed by atoms with Crippen LogP contribution in [-0.4, -0.2) is 55.5 Å². The number of likely N-dealkylation sites (N-methyl/N-ethyl adjacent to an activating group) is 1. The Morgan fingerprint density at radius 3 is 2.54 bits per heavy atom. The molecule has 0 bridgehead atoms. The molecular weight excluding hydrogens is 350 g/mol. The van der Waals surface area contributed by atoms with Gasteiger partial charge in [0.2, 0.25) is 0 Å². The van der Waals surface area contributed by atoms with Crippen molar-refractivity contribution in [3.8, 4) is 5.75 Å². The van der Waals surface area contributed by atoms with E-state index in [-0.39, 0.29) is 5.91 Å². The van der Waals surface area contributed by atoms with Crippen LogP contribution < -0.4 is 10.5 Å². The van der Waals surface area contributed by atoms with Crippen molar-refractivity contribution in [3.05, 3.63) is 59.2 Å². The van der Waals surface area contributed by atoms with E-state index in [1.165, 1.54) is 5.56 Å². The molecule has 1 saturated heterocycles. The minimum atomic E-state index is 0.0618. The molecule has 3 rings (SSSR count). The smallest absolute Gasteiger partial charge is 0.254 e. The van der Waals surface area contributed by atoms with Crippen LogP contribution in [0, 0.1) is 6.92 Å². The molecular formula is C23H31N3O2. The number of piperidine rings is 1. The van der Waals surface area contributed by atoms with E-state index in [1.807, 2.05) is 17.9 Å². The van der Waals surface area contributed by atoms with Crippen LogP contribution in [0.4, 0.5) is 5.69 Å². The molecule has 1 aliphatic rings. The van der Waals surface area contributed by atoms with Crippen molar-refractivity contribution < 1.29 is 9.53 Å². The van der Waals surface area contributed by atoms with Gasteiger partial charge in [-0.05, 0) is 56.5 Å². The Balaban J connectivity index is 1.54. The van der Waals surface area contributed by atoms with Gasteiger partial charge in [0.1, 0.15) is 5.75 Å². The van der Waals surface area contributed by atoms with Gasteiger partial charge in [0, 0.05) is 31.2 Å². The van der Waals surface area contributed by atoms with Crippen LogP contribution in [0.25, 0.3) is 0 Å². The van der Waals surface area contributed by atoms with E-state index < -0.39 is 0 Å². The number of carbonyl (C=O) groups is 1. The van der Waals surface area contributed by atoms with Gasteiger partial charge in [0.15, 0.2) is 0 Å². The van der Waals surface area contributed by atoms with Crippen molar-refractivity contribution in [2.24, 2.45) is 0 Å². The third-order valence-corrected chi connectivity index (χ3v) is 5.79. The number of nitrogens with zero attached hydrogens (tertiary/aromatic N) is 2. The molecule has 1 aliphatic heterocycles. The van der Waals surface area contributed by atoms with Gasteiger partial charge in [-0.3, -0.25) is 4.79 Å². The number of amides is 1. The number of hydrogen-bond donors (Lipinski definition) is 1. The highest BCUT2D eigenvalue weighted by Gasteiger charge is 2.26. The lowest BCUT2D eigenvalue weighted by atomic mass is 10.0. The number of hydrogen-bond acceptors (Lipinski definition) is 4. The predicted molar refractivity (Wildman–Crippen MR) is 114 cm³/mol. The van der Waals surface area contributed by atoms with Crippen LogP contribution in [0.1, 0.15) is 34.3 Å². The zero-order valence-electron chi connectivity index (χ0n) is 17.1. The minimum absolute atomic E-state index is 0.0618. The second-order valence-corrected chi connectivity index (χ2v) is 7.65. The van der Waals surface area contributed by atoms with Gasteiger partial charge in [0.25, 0.3) is 5.91 Å². The average molecular weight is 382 g/mol. The minimum Gasteiger partial charge on any atom is -0.495 e. The summed E-state index contributed by atoms with van der Waals surface area (Å²) in [5.74, 6) is 0.630. The number of anilines is 1. The Bertz CT molecular complexity index is 799.